The van der Waals surface area contributed by atoms with Crippen molar-refractivity contribution < 1.29 is 9.50 Å². The zero-order valence-corrected chi connectivity index (χ0v) is 14.7. The second kappa shape index (κ2) is 8.04. The van der Waals surface area contributed by atoms with Gasteiger partial charge >= 0.3 is 0 Å². The lowest BCUT2D eigenvalue weighted by Gasteiger charge is -2.34. The highest BCUT2D eigenvalue weighted by Gasteiger charge is 2.26. The fourth-order valence-corrected chi connectivity index (χ4v) is 3.30. The smallest absolute Gasteiger partial charge is 0.123 e. The number of halogens is 1. The number of nitrogens with one attached hydrogen (secondary N) is 1. The monoisotopic (exact) mass is 343 g/mol. The number of nitrogens with zero attached hydrogens (tertiary/aromatic N) is 2. The Hall–Kier alpha value is -1.82. The van der Waals surface area contributed by atoms with E-state index in [1.54, 1.807) is 19.1 Å². The van der Waals surface area contributed by atoms with E-state index >= 15 is 0 Å². The minimum Gasteiger partial charge on any atom is -0.384 e. The molecule has 1 aliphatic heterocycles. The predicted molar refractivity (Wildman–Crippen MR) is 96.5 cm³/mol. The van der Waals surface area contributed by atoms with Gasteiger partial charge in [-0.2, -0.15) is 0 Å². The third-order valence-electron chi connectivity index (χ3n) is 4.94. The Morgan fingerprint density at radius 1 is 1.16 bits per heavy atom. The summed E-state index contributed by atoms with van der Waals surface area (Å²) in [5.41, 5.74) is 1.03. The molecule has 0 saturated carbocycles. The highest BCUT2D eigenvalue weighted by Crippen LogP contribution is 2.21. The maximum absolute atomic E-state index is 13.0. The number of aliphatic hydroxyl groups is 1. The Morgan fingerprint density at radius 3 is 2.44 bits per heavy atom. The van der Waals surface area contributed by atoms with E-state index in [4.69, 9.17) is 0 Å². The van der Waals surface area contributed by atoms with Crippen LogP contribution in [-0.2, 0) is 12.1 Å². The van der Waals surface area contributed by atoms with Gasteiger partial charge < -0.3 is 10.4 Å². The molecule has 2 aromatic rings. The second-order valence-electron chi connectivity index (χ2n) is 7.07. The number of pyridine rings is 1. The number of hydrogen-bond acceptors (Lipinski definition) is 4. The SMILES string of the molecule is C[C@](O)(CNC1CCN(Cc2ccncc2)CC1)c1ccc(F)cc1. The molecule has 0 bridgehead atoms. The largest absolute Gasteiger partial charge is 0.384 e. The normalized spacial score (nSPS) is 18.8. The number of aromatic nitrogens is 1. The molecule has 3 rings (SSSR count). The van der Waals surface area contributed by atoms with Crippen LogP contribution in [0.5, 0.6) is 0 Å². The van der Waals surface area contributed by atoms with E-state index in [2.05, 4.69) is 27.3 Å². The first-order valence-corrected chi connectivity index (χ1v) is 8.86. The van der Waals surface area contributed by atoms with E-state index in [9.17, 15) is 9.50 Å². The van der Waals surface area contributed by atoms with Crippen molar-refractivity contribution in [2.24, 2.45) is 0 Å². The summed E-state index contributed by atoms with van der Waals surface area (Å²) in [7, 11) is 0. The van der Waals surface area contributed by atoms with Crippen molar-refractivity contribution in [1.29, 1.82) is 0 Å². The molecule has 0 radical (unpaired) electrons. The average Bonchev–Trinajstić information content (AvgIpc) is 2.62. The number of benzene rings is 1. The summed E-state index contributed by atoms with van der Waals surface area (Å²) in [5.74, 6) is -0.283. The van der Waals surface area contributed by atoms with E-state index in [-0.39, 0.29) is 5.82 Å². The lowest BCUT2D eigenvalue weighted by atomic mass is 9.95. The summed E-state index contributed by atoms with van der Waals surface area (Å²) in [5, 5.41) is 14.1. The van der Waals surface area contributed by atoms with Crippen LogP contribution in [0.4, 0.5) is 4.39 Å². The Labute approximate surface area is 148 Å². The first kappa shape index (κ1) is 18.0. The van der Waals surface area contributed by atoms with Crippen molar-refractivity contribution in [3.63, 3.8) is 0 Å². The zero-order chi connectivity index (χ0) is 17.7. The van der Waals surface area contributed by atoms with Crippen LogP contribution < -0.4 is 5.32 Å². The molecular formula is C20H26FN3O. The van der Waals surface area contributed by atoms with Gasteiger partial charge in [-0.15, -0.1) is 0 Å². The molecular weight excluding hydrogens is 317 g/mol. The Morgan fingerprint density at radius 2 is 1.80 bits per heavy atom. The van der Waals surface area contributed by atoms with Crippen molar-refractivity contribution in [3.05, 3.63) is 65.7 Å². The lowest BCUT2D eigenvalue weighted by molar-refractivity contribution is 0.0499. The van der Waals surface area contributed by atoms with Gasteiger partial charge in [0.15, 0.2) is 0 Å². The molecule has 1 saturated heterocycles. The van der Waals surface area contributed by atoms with Gasteiger partial charge in [0.1, 0.15) is 5.82 Å². The van der Waals surface area contributed by atoms with Crippen LogP contribution in [0.15, 0.2) is 48.8 Å². The molecule has 0 unspecified atom stereocenters. The van der Waals surface area contributed by atoms with Crippen LogP contribution in [0.2, 0.25) is 0 Å². The van der Waals surface area contributed by atoms with Gasteiger partial charge in [0.25, 0.3) is 0 Å². The van der Waals surface area contributed by atoms with Gasteiger partial charge in [0, 0.05) is 31.5 Å². The van der Waals surface area contributed by atoms with Crippen molar-refractivity contribution in [1.82, 2.24) is 15.2 Å². The lowest BCUT2D eigenvalue weighted by Crippen LogP contribution is -2.46. The van der Waals surface area contributed by atoms with E-state index in [0.29, 0.717) is 12.6 Å². The van der Waals surface area contributed by atoms with Gasteiger partial charge in [-0.05, 0) is 68.2 Å². The van der Waals surface area contributed by atoms with Crippen LogP contribution in [0.1, 0.15) is 30.9 Å². The van der Waals surface area contributed by atoms with Crippen LogP contribution >= 0.6 is 0 Å². The highest BCUT2D eigenvalue weighted by atomic mass is 19.1. The third-order valence-corrected chi connectivity index (χ3v) is 4.94. The zero-order valence-electron chi connectivity index (χ0n) is 14.7. The Balaban J connectivity index is 1.45. The molecule has 2 heterocycles. The molecule has 1 fully saturated rings. The van der Waals surface area contributed by atoms with Crippen molar-refractivity contribution >= 4 is 0 Å². The van der Waals surface area contributed by atoms with Crippen LogP contribution in [-0.4, -0.2) is 40.7 Å². The number of rotatable bonds is 6. The van der Waals surface area contributed by atoms with E-state index < -0.39 is 5.60 Å². The second-order valence-corrected chi connectivity index (χ2v) is 7.07. The third kappa shape index (κ3) is 5.08. The maximum Gasteiger partial charge on any atom is 0.123 e. The van der Waals surface area contributed by atoms with Gasteiger partial charge in [-0.25, -0.2) is 4.39 Å². The molecule has 2 N–H and O–H groups in total. The fourth-order valence-electron chi connectivity index (χ4n) is 3.30. The van der Waals surface area contributed by atoms with Gasteiger partial charge in [-0.3, -0.25) is 9.88 Å². The maximum atomic E-state index is 13.0. The minimum atomic E-state index is -0.998. The van der Waals surface area contributed by atoms with Gasteiger partial charge in [0.05, 0.1) is 5.60 Å². The van der Waals surface area contributed by atoms with Gasteiger partial charge in [-0.1, -0.05) is 12.1 Å². The Bertz CT molecular complexity index is 652. The quantitative estimate of drug-likeness (QED) is 0.847. The predicted octanol–water partition coefficient (Wildman–Crippen LogP) is 2.68. The first-order chi connectivity index (χ1) is 12.0. The summed E-state index contributed by atoms with van der Waals surface area (Å²) in [6.45, 7) is 5.28. The molecule has 0 spiro atoms. The molecule has 134 valence electrons. The summed E-state index contributed by atoms with van der Waals surface area (Å²) in [6, 6.07) is 10.6. The summed E-state index contributed by atoms with van der Waals surface area (Å²) in [6.07, 6.45) is 5.79. The molecule has 1 aromatic heterocycles. The number of hydrogen-bond donors (Lipinski definition) is 2. The van der Waals surface area contributed by atoms with Crippen LogP contribution in [0.25, 0.3) is 0 Å². The fraction of sp³-hybridized carbons (Fsp3) is 0.450. The van der Waals surface area contributed by atoms with Crippen molar-refractivity contribution in [2.75, 3.05) is 19.6 Å². The Kier molecular flexibility index (Phi) is 5.78. The molecule has 1 aromatic carbocycles. The molecule has 1 atom stereocenters. The molecule has 25 heavy (non-hydrogen) atoms. The summed E-state index contributed by atoms with van der Waals surface area (Å²) >= 11 is 0. The topological polar surface area (TPSA) is 48.4 Å². The molecule has 0 aliphatic carbocycles. The molecule has 1 aliphatic rings. The van der Waals surface area contributed by atoms with Crippen molar-refractivity contribution in [2.45, 2.75) is 38.0 Å². The van der Waals surface area contributed by atoms with E-state index in [1.807, 2.05) is 12.4 Å². The number of likely N-dealkylation sites (tertiary alicyclic amines) is 1. The van der Waals surface area contributed by atoms with E-state index in [1.165, 1.54) is 17.7 Å². The van der Waals surface area contributed by atoms with Crippen LogP contribution in [0, 0.1) is 5.82 Å². The summed E-state index contributed by atoms with van der Waals surface area (Å²) < 4.78 is 13.0. The standard InChI is InChI=1S/C20H26FN3O/c1-20(25,17-2-4-18(21)5-3-17)15-23-19-8-12-24(13-9-19)14-16-6-10-22-11-7-16/h2-7,10-11,19,23,25H,8-9,12-15H2,1H3/t20-/m0/s1. The average molecular weight is 343 g/mol. The van der Waals surface area contributed by atoms with E-state index in [0.717, 1.165) is 38.0 Å². The van der Waals surface area contributed by atoms with Crippen molar-refractivity contribution in [3.8, 4) is 0 Å². The highest BCUT2D eigenvalue weighted by molar-refractivity contribution is 5.22. The molecule has 5 heteroatoms. The molecule has 4 nitrogen and oxygen atoms in total. The van der Waals surface area contributed by atoms with Gasteiger partial charge in [0.2, 0.25) is 0 Å². The molecule has 0 amide bonds. The minimum absolute atomic E-state index is 0.283. The first-order valence-electron chi connectivity index (χ1n) is 8.86. The number of piperidine rings is 1. The van der Waals surface area contributed by atoms with Crippen LogP contribution in [0.3, 0.4) is 0 Å². The summed E-state index contributed by atoms with van der Waals surface area (Å²) in [4.78, 5) is 6.50.